The summed E-state index contributed by atoms with van der Waals surface area (Å²) in [5, 5.41) is 10.8. The molecule has 0 aliphatic carbocycles. The number of Topliss-reactive ketones (excluding diaryl/α,β-unsaturated/α-hetero) is 1. The summed E-state index contributed by atoms with van der Waals surface area (Å²) >= 11 is 0. The second-order valence-electron chi connectivity index (χ2n) is 5.18. The quantitative estimate of drug-likeness (QED) is 0.482. The van der Waals surface area contributed by atoms with Crippen LogP contribution in [0.15, 0.2) is 18.2 Å². The second kappa shape index (κ2) is 5.58. The number of carbonyl (C=O) groups is 1. The van der Waals surface area contributed by atoms with Crippen molar-refractivity contribution in [2.24, 2.45) is 0 Å². The van der Waals surface area contributed by atoms with Crippen molar-refractivity contribution in [3.63, 3.8) is 0 Å². The molecular formula is C14H18N2O4. The number of hydrogen-bond acceptors (Lipinski definition) is 5. The number of morpholine rings is 1. The van der Waals surface area contributed by atoms with E-state index in [1.807, 2.05) is 13.8 Å². The first-order valence-corrected chi connectivity index (χ1v) is 6.58. The first-order chi connectivity index (χ1) is 9.38. The van der Waals surface area contributed by atoms with Gasteiger partial charge >= 0.3 is 0 Å². The molecule has 108 valence electrons. The molecule has 1 fully saturated rings. The third-order valence-corrected chi connectivity index (χ3v) is 3.33. The fourth-order valence-corrected chi connectivity index (χ4v) is 2.57. The molecule has 0 amide bonds. The molecular weight excluding hydrogens is 260 g/mol. The SMILES string of the molecule is CC(=O)c1cc([N+](=O)[O-])ccc1N1CC(C)OC(C)C1. The van der Waals surface area contributed by atoms with E-state index in [1.54, 1.807) is 6.07 Å². The Morgan fingerprint density at radius 2 is 1.95 bits per heavy atom. The van der Waals surface area contributed by atoms with Crippen molar-refractivity contribution in [2.45, 2.75) is 33.0 Å². The number of carbonyl (C=O) groups excluding carboxylic acids is 1. The number of hydrogen-bond donors (Lipinski definition) is 0. The number of nitro benzene ring substituents is 1. The van der Waals surface area contributed by atoms with E-state index in [2.05, 4.69) is 4.90 Å². The van der Waals surface area contributed by atoms with Crippen molar-refractivity contribution in [3.05, 3.63) is 33.9 Å². The van der Waals surface area contributed by atoms with Crippen LogP contribution in [0.1, 0.15) is 31.1 Å². The van der Waals surface area contributed by atoms with Gasteiger partial charge in [-0.25, -0.2) is 0 Å². The third kappa shape index (κ3) is 2.96. The van der Waals surface area contributed by atoms with Gasteiger partial charge in [0, 0.05) is 36.5 Å². The van der Waals surface area contributed by atoms with Crippen molar-refractivity contribution in [1.29, 1.82) is 0 Å². The molecule has 1 aromatic carbocycles. The lowest BCUT2D eigenvalue weighted by Crippen LogP contribution is -2.46. The summed E-state index contributed by atoms with van der Waals surface area (Å²) in [6.07, 6.45) is 0.127. The number of benzene rings is 1. The van der Waals surface area contributed by atoms with Crippen LogP contribution in [0.25, 0.3) is 0 Å². The maximum absolute atomic E-state index is 11.8. The van der Waals surface area contributed by atoms with Gasteiger partial charge in [-0.2, -0.15) is 0 Å². The van der Waals surface area contributed by atoms with Gasteiger partial charge in [0.2, 0.25) is 0 Å². The molecule has 6 heteroatoms. The summed E-state index contributed by atoms with van der Waals surface area (Å²) < 4.78 is 5.67. The molecule has 1 aliphatic heterocycles. The Hall–Kier alpha value is -1.95. The monoisotopic (exact) mass is 278 g/mol. The normalized spacial score (nSPS) is 22.6. The smallest absolute Gasteiger partial charge is 0.270 e. The van der Waals surface area contributed by atoms with Crippen molar-refractivity contribution >= 4 is 17.2 Å². The maximum Gasteiger partial charge on any atom is 0.270 e. The molecule has 0 saturated carbocycles. The zero-order valence-corrected chi connectivity index (χ0v) is 11.8. The molecule has 2 atom stereocenters. The van der Waals surface area contributed by atoms with E-state index < -0.39 is 4.92 Å². The summed E-state index contributed by atoms with van der Waals surface area (Å²) in [7, 11) is 0. The highest BCUT2D eigenvalue weighted by molar-refractivity contribution is 6.00. The van der Waals surface area contributed by atoms with Gasteiger partial charge in [-0.3, -0.25) is 14.9 Å². The lowest BCUT2D eigenvalue weighted by Gasteiger charge is -2.37. The van der Waals surface area contributed by atoms with Gasteiger partial charge in [0.05, 0.1) is 17.1 Å². The van der Waals surface area contributed by atoms with E-state index >= 15 is 0 Å². The predicted octanol–water partition coefficient (Wildman–Crippen LogP) is 2.41. The number of rotatable bonds is 3. The van der Waals surface area contributed by atoms with Crippen LogP contribution in [0.2, 0.25) is 0 Å². The molecule has 1 aromatic rings. The standard InChI is InChI=1S/C14H18N2O4/c1-9-7-15(8-10(2)20-9)14-5-4-12(16(18)19)6-13(14)11(3)17/h4-6,9-10H,7-8H2,1-3H3. The van der Waals surface area contributed by atoms with Gasteiger partial charge in [0.1, 0.15) is 0 Å². The van der Waals surface area contributed by atoms with Crippen molar-refractivity contribution in [1.82, 2.24) is 0 Å². The second-order valence-corrected chi connectivity index (χ2v) is 5.18. The van der Waals surface area contributed by atoms with Gasteiger partial charge < -0.3 is 9.64 Å². The van der Waals surface area contributed by atoms with Gasteiger partial charge in [-0.15, -0.1) is 0 Å². The molecule has 0 N–H and O–H groups in total. The lowest BCUT2D eigenvalue weighted by molar-refractivity contribution is -0.384. The van der Waals surface area contributed by atoms with Crippen LogP contribution in [0.5, 0.6) is 0 Å². The number of ether oxygens (including phenoxy) is 1. The number of non-ortho nitro benzene ring substituents is 1. The highest BCUT2D eigenvalue weighted by Crippen LogP contribution is 2.28. The summed E-state index contributed by atoms with van der Waals surface area (Å²) in [6.45, 7) is 6.71. The van der Waals surface area contributed by atoms with Gasteiger partial charge in [-0.1, -0.05) is 0 Å². The Labute approximate surface area is 117 Å². The molecule has 1 aliphatic rings. The summed E-state index contributed by atoms with van der Waals surface area (Å²) in [5.41, 5.74) is 1.07. The molecule has 1 heterocycles. The van der Waals surface area contributed by atoms with Crippen molar-refractivity contribution in [2.75, 3.05) is 18.0 Å². The minimum absolute atomic E-state index is 0.0618. The summed E-state index contributed by atoms with van der Waals surface area (Å²) in [4.78, 5) is 24.2. The van der Waals surface area contributed by atoms with Crippen LogP contribution in [0.4, 0.5) is 11.4 Å². The first kappa shape index (κ1) is 14.5. The predicted molar refractivity (Wildman–Crippen MR) is 75.3 cm³/mol. The number of nitrogens with zero attached hydrogens (tertiary/aromatic N) is 2. The Bertz CT molecular complexity index is 534. The number of ketones is 1. The van der Waals surface area contributed by atoms with Crippen LogP contribution >= 0.6 is 0 Å². The van der Waals surface area contributed by atoms with Crippen LogP contribution in [-0.2, 0) is 4.74 Å². The minimum atomic E-state index is -0.485. The maximum atomic E-state index is 11.8. The Morgan fingerprint density at radius 1 is 1.35 bits per heavy atom. The molecule has 2 unspecified atom stereocenters. The zero-order chi connectivity index (χ0) is 14.9. The molecule has 6 nitrogen and oxygen atoms in total. The number of anilines is 1. The van der Waals surface area contributed by atoms with E-state index in [4.69, 9.17) is 4.74 Å². The Morgan fingerprint density at radius 3 is 2.45 bits per heavy atom. The molecule has 0 spiro atoms. The van der Waals surface area contributed by atoms with Crippen LogP contribution < -0.4 is 4.90 Å². The highest BCUT2D eigenvalue weighted by atomic mass is 16.6. The van der Waals surface area contributed by atoms with E-state index in [0.717, 1.165) is 5.69 Å². The molecule has 20 heavy (non-hydrogen) atoms. The minimum Gasteiger partial charge on any atom is -0.372 e. The summed E-state index contributed by atoms with van der Waals surface area (Å²) in [5.74, 6) is -0.171. The van der Waals surface area contributed by atoms with Gasteiger partial charge in [0.25, 0.3) is 5.69 Å². The van der Waals surface area contributed by atoms with Crippen LogP contribution in [-0.4, -0.2) is 36.0 Å². The van der Waals surface area contributed by atoms with Crippen molar-refractivity contribution in [3.8, 4) is 0 Å². The molecule has 0 bridgehead atoms. The first-order valence-electron chi connectivity index (χ1n) is 6.58. The van der Waals surface area contributed by atoms with Gasteiger partial charge in [-0.05, 0) is 26.8 Å². The Kier molecular flexibility index (Phi) is 4.04. The lowest BCUT2D eigenvalue weighted by atomic mass is 10.1. The van der Waals surface area contributed by atoms with Crippen LogP contribution in [0.3, 0.4) is 0 Å². The topological polar surface area (TPSA) is 72.7 Å². The Balaban J connectivity index is 2.40. The van der Waals surface area contributed by atoms with E-state index in [-0.39, 0.29) is 23.7 Å². The molecule has 0 radical (unpaired) electrons. The van der Waals surface area contributed by atoms with E-state index in [1.165, 1.54) is 19.1 Å². The molecule has 0 aromatic heterocycles. The number of nitro groups is 1. The fraction of sp³-hybridized carbons (Fsp3) is 0.500. The zero-order valence-electron chi connectivity index (χ0n) is 11.8. The largest absolute Gasteiger partial charge is 0.372 e. The summed E-state index contributed by atoms with van der Waals surface area (Å²) in [6, 6.07) is 4.44. The molecule has 2 rings (SSSR count). The van der Waals surface area contributed by atoms with Crippen molar-refractivity contribution < 1.29 is 14.5 Å². The highest BCUT2D eigenvalue weighted by Gasteiger charge is 2.25. The van der Waals surface area contributed by atoms with Gasteiger partial charge in [0.15, 0.2) is 5.78 Å². The van der Waals surface area contributed by atoms with Crippen LogP contribution in [0, 0.1) is 10.1 Å². The average molecular weight is 278 g/mol. The fourth-order valence-electron chi connectivity index (χ4n) is 2.57. The average Bonchev–Trinajstić information content (AvgIpc) is 2.36. The third-order valence-electron chi connectivity index (χ3n) is 3.33. The van der Waals surface area contributed by atoms with E-state index in [0.29, 0.717) is 18.7 Å². The van der Waals surface area contributed by atoms with E-state index in [9.17, 15) is 14.9 Å². The molecule has 1 saturated heterocycles.